The quantitative estimate of drug-likeness (QED) is 0.677. The average molecular weight is 398 g/mol. The number of allylic oxidation sites excluding steroid dienone is 3. The lowest BCUT2D eigenvalue weighted by molar-refractivity contribution is -0.125. The number of benzene rings is 1. The largest absolute Gasteiger partial charge is 0.501 e. The van der Waals surface area contributed by atoms with Crippen LogP contribution >= 0.6 is 12.4 Å². The second kappa shape index (κ2) is 9.32. The molecule has 8 heteroatoms. The van der Waals surface area contributed by atoms with Crippen LogP contribution < -0.4 is 19.9 Å². The van der Waals surface area contributed by atoms with Gasteiger partial charge in [0.2, 0.25) is 11.7 Å². The highest BCUT2D eigenvalue weighted by Gasteiger charge is 2.39. The van der Waals surface area contributed by atoms with Gasteiger partial charge in [0.25, 0.3) is 0 Å². The molecule has 2 rings (SSSR count). The third kappa shape index (κ3) is 4.54. The van der Waals surface area contributed by atoms with Crippen molar-refractivity contribution in [1.82, 2.24) is 0 Å². The van der Waals surface area contributed by atoms with Gasteiger partial charge in [-0.3, -0.25) is 9.59 Å². The lowest BCUT2D eigenvalue weighted by Gasteiger charge is -2.29. The number of hydrogen-bond donors (Lipinski definition) is 1. The molecule has 1 aliphatic carbocycles. The number of ketones is 1. The minimum absolute atomic E-state index is 0. The van der Waals surface area contributed by atoms with Gasteiger partial charge in [-0.1, -0.05) is 12.2 Å². The zero-order valence-corrected chi connectivity index (χ0v) is 16.6. The summed E-state index contributed by atoms with van der Waals surface area (Å²) in [4.78, 5) is 25.0. The molecule has 0 aliphatic heterocycles. The fourth-order valence-corrected chi connectivity index (χ4v) is 2.92. The van der Waals surface area contributed by atoms with E-state index >= 15 is 0 Å². The van der Waals surface area contributed by atoms with Crippen LogP contribution in [0, 0.1) is 5.41 Å². The fourth-order valence-electron chi connectivity index (χ4n) is 2.92. The number of carbonyl (C=O) groups is 2. The molecule has 0 fully saturated rings. The third-order valence-electron chi connectivity index (χ3n) is 4.40. The Morgan fingerprint density at radius 1 is 1.04 bits per heavy atom. The van der Waals surface area contributed by atoms with Crippen LogP contribution in [0.15, 0.2) is 36.1 Å². The smallest absolute Gasteiger partial charge is 0.228 e. The summed E-state index contributed by atoms with van der Waals surface area (Å²) in [5.74, 6) is 0.838. The summed E-state index contributed by atoms with van der Waals surface area (Å²) in [6.07, 6.45) is 5.19. The van der Waals surface area contributed by atoms with Crippen LogP contribution in [0.25, 0.3) is 0 Å². The van der Waals surface area contributed by atoms with E-state index in [4.69, 9.17) is 24.7 Å². The predicted molar refractivity (Wildman–Crippen MR) is 103 cm³/mol. The Bertz CT molecular complexity index is 748. The molecule has 0 spiro atoms. The molecule has 0 heterocycles. The Kier molecular flexibility index (Phi) is 7.72. The van der Waals surface area contributed by atoms with Crippen LogP contribution in [-0.4, -0.2) is 40.1 Å². The van der Waals surface area contributed by atoms with Gasteiger partial charge in [-0.15, -0.1) is 12.4 Å². The molecular weight excluding hydrogens is 374 g/mol. The highest BCUT2D eigenvalue weighted by Crippen LogP contribution is 2.40. The molecule has 0 radical (unpaired) electrons. The Balaban J connectivity index is 0.00000364. The van der Waals surface area contributed by atoms with E-state index in [1.54, 1.807) is 30.4 Å². The summed E-state index contributed by atoms with van der Waals surface area (Å²) in [5, 5.41) is 0. The standard InChI is InChI=1S/C19H23NO6.ClH/c1-23-13-6-5-7-19(10-13,18(20)22)11-14(21)12-8-15(24-2)17(26-4)16(9-12)25-3;/h5-9H,10-11H2,1-4H3,(H2,20,22);1H. The van der Waals surface area contributed by atoms with Crippen molar-refractivity contribution in [1.29, 1.82) is 0 Å². The summed E-state index contributed by atoms with van der Waals surface area (Å²) in [5.41, 5.74) is 4.80. The van der Waals surface area contributed by atoms with Crippen molar-refractivity contribution in [3.8, 4) is 17.2 Å². The molecule has 27 heavy (non-hydrogen) atoms. The third-order valence-corrected chi connectivity index (χ3v) is 4.40. The van der Waals surface area contributed by atoms with Gasteiger partial charge in [-0.25, -0.2) is 0 Å². The van der Waals surface area contributed by atoms with E-state index in [0.29, 0.717) is 28.6 Å². The normalized spacial score (nSPS) is 18.0. The Morgan fingerprint density at radius 2 is 1.63 bits per heavy atom. The topological polar surface area (TPSA) is 97.1 Å². The number of carbonyl (C=O) groups excluding carboxylic acids is 2. The molecule has 7 nitrogen and oxygen atoms in total. The number of nitrogens with two attached hydrogens (primary N) is 1. The first-order chi connectivity index (χ1) is 12.4. The molecule has 0 saturated carbocycles. The number of primary amides is 1. The van der Waals surface area contributed by atoms with Gasteiger partial charge in [-0.05, 0) is 18.2 Å². The van der Waals surface area contributed by atoms with Crippen LogP contribution in [0.1, 0.15) is 23.2 Å². The Hall–Kier alpha value is -2.67. The number of halogens is 1. The molecule has 1 unspecified atom stereocenters. The van der Waals surface area contributed by atoms with E-state index in [9.17, 15) is 9.59 Å². The first kappa shape index (κ1) is 22.4. The Morgan fingerprint density at radius 3 is 2.07 bits per heavy atom. The number of amides is 1. The number of hydrogen-bond acceptors (Lipinski definition) is 6. The van der Waals surface area contributed by atoms with Crippen LogP contribution in [-0.2, 0) is 9.53 Å². The maximum atomic E-state index is 12.9. The van der Waals surface area contributed by atoms with E-state index in [1.807, 2.05) is 0 Å². The van der Waals surface area contributed by atoms with Crippen molar-refractivity contribution in [2.75, 3.05) is 28.4 Å². The zero-order chi connectivity index (χ0) is 19.3. The highest BCUT2D eigenvalue weighted by atomic mass is 35.5. The van der Waals surface area contributed by atoms with Crippen LogP contribution in [0.4, 0.5) is 0 Å². The first-order valence-electron chi connectivity index (χ1n) is 7.96. The number of Topliss-reactive ketones (excluding diaryl/α,β-unsaturated/α-hetero) is 1. The summed E-state index contributed by atoms with van der Waals surface area (Å²) in [7, 11) is 5.93. The molecule has 0 aromatic heterocycles. The van der Waals surface area contributed by atoms with E-state index in [1.165, 1.54) is 28.4 Å². The number of ether oxygens (including phenoxy) is 4. The zero-order valence-electron chi connectivity index (χ0n) is 15.7. The maximum Gasteiger partial charge on any atom is 0.228 e. The van der Waals surface area contributed by atoms with Gasteiger partial charge >= 0.3 is 0 Å². The lowest BCUT2D eigenvalue weighted by Crippen LogP contribution is -2.39. The average Bonchev–Trinajstić information content (AvgIpc) is 2.66. The van der Waals surface area contributed by atoms with Crippen molar-refractivity contribution in [3.05, 3.63) is 41.7 Å². The highest BCUT2D eigenvalue weighted by molar-refractivity contribution is 6.01. The fraction of sp³-hybridized carbons (Fsp3) is 0.368. The van der Waals surface area contributed by atoms with Gasteiger partial charge < -0.3 is 24.7 Å². The molecule has 1 aliphatic rings. The molecule has 0 saturated heterocycles. The van der Waals surface area contributed by atoms with Crippen LogP contribution in [0.5, 0.6) is 17.2 Å². The van der Waals surface area contributed by atoms with Gasteiger partial charge in [0.15, 0.2) is 17.3 Å². The van der Waals surface area contributed by atoms with E-state index in [2.05, 4.69) is 0 Å². The van der Waals surface area contributed by atoms with Crippen molar-refractivity contribution in [2.45, 2.75) is 12.8 Å². The monoisotopic (exact) mass is 397 g/mol. The molecule has 1 aromatic rings. The van der Waals surface area contributed by atoms with E-state index < -0.39 is 11.3 Å². The molecule has 148 valence electrons. The summed E-state index contributed by atoms with van der Waals surface area (Å²) >= 11 is 0. The van der Waals surface area contributed by atoms with Crippen molar-refractivity contribution >= 4 is 24.1 Å². The van der Waals surface area contributed by atoms with Crippen LogP contribution in [0.2, 0.25) is 0 Å². The molecule has 1 amide bonds. The van der Waals surface area contributed by atoms with Crippen molar-refractivity contribution in [2.24, 2.45) is 11.1 Å². The first-order valence-corrected chi connectivity index (χ1v) is 7.96. The van der Waals surface area contributed by atoms with Crippen molar-refractivity contribution < 1.29 is 28.5 Å². The summed E-state index contributed by atoms with van der Waals surface area (Å²) < 4.78 is 21.0. The number of methoxy groups -OCH3 is 4. The summed E-state index contributed by atoms with van der Waals surface area (Å²) in [6, 6.07) is 3.11. The molecule has 0 bridgehead atoms. The predicted octanol–water partition coefficient (Wildman–Crippen LogP) is 2.67. The minimum Gasteiger partial charge on any atom is -0.501 e. The SMILES string of the molecule is COC1=CC=CC(CC(=O)c2cc(OC)c(OC)c(OC)c2)(C(N)=O)C1.Cl. The maximum absolute atomic E-state index is 12.9. The molecule has 1 atom stereocenters. The van der Waals surface area contributed by atoms with Crippen LogP contribution in [0.3, 0.4) is 0 Å². The molecule has 2 N–H and O–H groups in total. The Labute approximate surface area is 164 Å². The molecule has 1 aromatic carbocycles. The second-order valence-corrected chi connectivity index (χ2v) is 5.91. The van der Waals surface area contributed by atoms with Gasteiger partial charge in [-0.2, -0.15) is 0 Å². The van der Waals surface area contributed by atoms with E-state index in [-0.39, 0.29) is 31.0 Å². The van der Waals surface area contributed by atoms with Crippen molar-refractivity contribution in [3.63, 3.8) is 0 Å². The lowest BCUT2D eigenvalue weighted by atomic mass is 9.75. The number of rotatable bonds is 8. The minimum atomic E-state index is -1.14. The summed E-state index contributed by atoms with van der Waals surface area (Å²) in [6.45, 7) is 0. The van der Waals surface area contributed by atoms with Gasteiger partial charge in [0.05, 0.1) is 39.6 Å². The van der Waals surface area contributed by atoms with Gasteiger partial charge in [0.1, 0.15) is 0 Å². The second-order valence-electron chi connectivity index (χ2n) is 5.91. The van der Waals surface area contributed by atoms with E-state index in [0.717, 1.165) is 0 Å². The van der Waals surface area contributed by atoms with Gasteiger partial charge in [0, 0.05) is 18.4 Å². The molecular formula is C19H24ClNO6.